The van der Waals surface area contributed by atoms with E-state index < -0.39 is 36.8 Å². The summed E-state index contributed by atoms with van der Waals surface area (Å²) in [5.74, 6) is -1.09. The van der Waals surface area contributed by atoms with E-state index in [4.69, 9.17) is 11.6 Å². The minimum absolute atomic E-state index is 0.0588. The number of hydrogen-bond donors (Lipinski definition) is 2. The third kappa shape index (κ3) is 3.82. The molecule has 1 aromatic carbocycles. The molecular formula is C13H13ClF3N3O2. The van der Waals surface area contributed by atoms with Crippen molar-refractivity contribution >= 4 is 29.2 Å². The number of nitrogens with one attached hydrogen (secondary N) is 2. The number of carbonyl (C=O) groups is 2. The topological polar surface area (TPSA) is 61.4 Å². The number of hydrogen-bond acceptors (Lipinski definition) is 2. The van der Waals surface area contributed by atoms with E-state index in [1.54, 1.807) is 0 Å². The first-order valence-electron chi connectivity index (χ1n) is 6.47. The van der Waals surface area contributed by atoms with Gasteiger partial charge in [0.2, 0.25) is 5.91 Å². The summed E-state index contributed by atoms with van der Waals surface area (Å²) in [6.45, 7) is -0.515. The van der Waals surface area contributed by atoms with E-state index in [1.807, 2.05) is 5.32 Å². The summed E-state index contributed by atoms with van der Waals surface area (Å²) >= 11 is 5.58. The van der Waals surface area contributed by atoms with Crippen LogP contribution in [0.5, 0.6) is 0 Å². The Kier molecular flexibility index (Phi) is 5.12. The molecule has 0 aliphatic carbocycles. The van der Waals surface area contributed by atoms with Crippen molar-refractivity contribution in [2.75, 3.05) is 18.0 Å². The fraction of sp³-hybridized carbons (Fsp3) is 0.385. The molecule has 1 saturated heterocycles. The van der Waals surface area contributed by atoms with Crippen LogP contribution in [0.4, 0.5) is 23.7 Å². The molecule has 0 spiro atoms. The lowest BCUT2D eigenvalue weighted by atomic mass is 10.2. The first-order valence-corrected chi connectivity index (χ1v) is 6.85. The van der Waals surface area contributed by atoms with E-state index in [0.29, 0.717) is 12.1 Å². The van der Waals surface area contributed by atoms with Gasteiger partial charge in [-0.3, -0.25) is 4.79 Å². The summed E-state index contributed by atoms with van der Waals surface area (Å²) in [5, 5.41) is 4.21. The lowest BCUT2D eigenvalue weighted by Crippen LogP contribution is -2.47. The zero-order chi connectivity index (χ0) is 16.3. The molecule has 1 aliphatic heterocycles. The average molecular weight is 336 g/mol. The number of rotatable bonds is 4. The average Bonchev–Trinajstić information content (AvgIpc) is 2.81. The standard InChI is InChI=1S/C13H13ClF3N3O2/c14-8-2-1-7(5-9(8)15)20-4-3-10(12(20)21)19-13(22)18-6-11(16)17/h1-2,5,10-11H,3-4,6H2,(H2,18,19,22)/t10-/m0/s1. The predicted octanol–water partition coefficient (Wildman–Crippen LogP) is 2.15. The summed E-state index contributed by atoms with van der Waals surface area (Å²) in [4.78, 5) is 24.8. The van der Waals surface area contributed by atoms with Gasteiger partial charge < -0.3 is 15.5 Å². The third-order valence-electron chi connectivity index (χ3n) is 3.14. The quantitative estimate of drug-likeness (QED) is 0.885. The molecule has 1 aromatic rings. The highest BCUT2D eigenvalue weighted by Crippen LogP contribution is 2.25. The van der Waals surface area contributed by atoms with E-state index in [1.165, 1.54) is 17.0 Å². The van der Waals surface area contributed by atoms with Gasteiger partial charge in [-0.05, 0) is 24.6 Å². The van der Waals surface area contributed by atoms with Gasteiger partial charge >= 0.3 is 6.03 Å². The van der Waals surface area contributed by atoms with Crippen LogP contribution >= 0.6 is 11.6 Å². The van der Waals surface area contributed by atoms with Crippen LogP contribution in [0.3, 0.4) is 0 Å². The van der Waals surface area contributed by atoms with Gasteiger partial charge in [-0.2, -0.15) is 0 Å². The maximum atomic E-state index is 13.4. The minimum Gasteiger partial charge on any atom is -0.332 e. The summed E-state index contributed by atoms with van der Waals surface area (Å²) in [6.07, 6.45) is -2.37. The maximum absolute atomic E-state index is 13.4. The Morgan fingerprint density at radius 3 is 2.82 bits per heavy atom. The van der Waals surface area contributed by atoms with Gasteiger partial charge in [0, 0.05) is 12.2 Å². The lowest BCUT2D eigenvalue weighted by molar-refractivity contribution is -0.118. The minimum atomic E-state index is -2.67. The zero-order valence-electron chi connectivity index (χ0n) is 11.3. The van der Waals surface area contributed by atoms with Gasteiger partial charge in [0.25, 0.3) is 6.43 Å². The zero-order valence-corrected chi connectivity index (χ0v) is 12.0. The predicted molar refractivity (Wildman–Crippen MR) is 74.7 cm³/mol. The molecular weight excluding hydrogens is 323 g/mol. The van der Waals surface area contributed by atoms with Crippen LogP contribution in [0, 0.1) is 5.82 Å². The Hall–Kier alpha value is -1.96. The van der Waals surface area contributed by atoms with Crippen LogP contribution in [0.15, 0.2) is 18.2 Å². The van der Waals surface area contributed by atoms with E-state index in [9.17, 15) is 22.8 Å². The van der Waals surface area contributed by atoms with Crippen LogP contribution in [0.1, 0.15) is 6.42 Å². The molecule has 120 valence electrons. The second-order valence-corrected chi connectivity index (χ2v) is 5.08. The molecule has 9 heteroatoms. The van der Waals surface area contributed by atoms with Crippen molar-refractivity contribution in [1.29, 1.82) is 0 Å². The largest absolute Gasteiger partial charge is 0.332 e. The summed E-state index contributed by atoms with van der Waals surface area (Å²) in [5.41, 5.74) is 0.323. The van der Waals surface area contributed by atoms with Crippen molar-refractivity contribution in [3.63, 3.8) is 0 Å². The number of benzene rings is 1. The van der Waals surface area contributed by atoms with E-state index in [-0.39, 0.29) is 11.6 Å². The van der Waals surface area contributed by atoms with E-state index in [0.717, 1.165) is 6.07 Å². The molecule has 0 aromatic heterocycles. The van der Waals surface area contributed by atoms with Crippen molar-refractivity contribution in [1.82, 2.24) is 10.6 Å². The monoisotopic (exact) mass is 335 g/mol. The Morgan fingerprint density at radius 1 is 1.45 bits per heavy atom. The normalized spacial score (nSPS) is 18.0. The molecule has 0 bridgehead atoms. The van der Waals surface area contributed by atoms with E-state index >= 15 is 0 Å². The lowest BCUT2D eigenvalue weighted by Gasteiger charge is -2.17. The highest BCUT2D eigenvalue weighted by molar-refractivity contribution is 6.30. The number of carbonyl (C=O) groups excluding carboxylic acids is 2. The molecule has 0 radical (unpaired) electrons. The summed E-state index contributed by atoms with van der Waals surface area (Å²) in [7, 11) is 0. The van der Waals surface area contributed by atoms with Gasteiger partial charge in [-0.15, -0.1) is 0 Å². The van der Waals surface area contributed by atoms with Gasteiger partial charge in [0.1, 0.15) is 11.9 Å². The van der Waals surface area contributed by atoms with Crippen LogP contribution in [0.25, 0.3) is 0 Å². The van der Waals surface area contributed by atoms with Crippen LogP contribution in [-0.4, -0.2) is 37.5 Å². The highest BCUT2D eigenvalue weighted by atomic mass is 35.5. The fourth-order valence-electron chi connectivity index (χ4n) is 2.10. The number of nitrogens with zero attached hydrogens (tertiary/aromatic N) is 1. The molecule has 0 saturated carbocycles. The number of amides is 3. The Morgan fingerprint density at radius 2 is 2.18 bits per heavy atom. The van der Waals surface area contributed by atoms with Crippen molar-refractivity contribution in [3.8, 4) is 0 Å². The summed E-state index contributed by atoms with van der Waals surface area (Å²) in [6, 6.07) is 2.26. The first kappa shape index (κ1) is 16.4. The second kappa shape index (κ2) is 6.87. The molecule has 1 atom stereocenters. The molecule has 22 heavy (non-hydrogen) atoms. The Balaban J connectivity index is 1.97. The smallest absolute Gasteiger partial charge is 0.315 e. The molecule has 5 nitrogen and oxygen atoms in total. The number of urea groups is 1. The van der Waals surface area contributed by atoms with Gasteiger partial charge in [0.15, 0.2) is 0 Å². The van der Waals surface area contributed by atoms with Gasteiger partial charge in [0.05, 0.1) is 11.6 Å². The van der Waals surface area contributed by atoms with Crippen molar-refractivity contribution < 1.29 is 22.8 Å². The fourth-order valence-corrected chi connectivity index (χ4v) is 2.22. The molecule has 3 amide bonds. The van der Waals surface area contributed by atoms with Crippen LogP contribution in [0.2, 0.25) is 5.02 Å². The van der Waals surface area contributed by atoms with E-state index in [2.05, 4.69) is 5.32 Å². The van der Waals surface area contributed by atoms with Crippen molar-refractivity contribution in [2.45, 2.75) is 18.9 Å². The van der Waals surface area contributed by atoms with Crippen LogP contribution in [-0.2, 0) is 4.79 Å². The molecule has 1 fully saturated rings. The molecule has 2 N–H and O–H groups in total. The van der Waals surface area contributed by atoms with Gasteiger partial charge in [-0.25, -0.2) is 18.0 Å². The van der Waals surface area contributed by atoms with Crippen molar-refractivity contribution in [3.05, 3.63) is 29.0 Å². The second-order valence-electron chi connectivity index (χ2n) is 4.67. The number of halogens is 4. The maximum Gasteiger partial charge on any atom is 0.315 e. The molecule has 0 unspecified atom stereocenters. The molecule has 1 aliphatic rings. The number of anilines is 1. The third-order valence-corrected chi connectivity index (χ3v) is 3.45. The van der Waals surface area contributed by atoms with Gasteiger partial charge in [-0.1, -0.05) is 11.6 Å². The SMILES string of the molecule is O=C(NCC(F)F)N[C@H]1CCN(c2ccc(Cl)c(F)c2)C1=O. The molecule has 1 heterocycles. The highest BCUT2D eigenvalue weighted by Gasteiger charge is 2.33. The number of alkyl halides is 2. The van der Waals surface area contributed by atoms with Crippen molar-refractivity contribution in [2.24, 2.45) is 0 Å². The summed E-state index contributed by atoms with van der Waals surface area (Å²) < 4.78 is 37.4. The van der Waals surface area contributed by atoms with Crippen LogP contribution < -0.4 is 15.5 Å². The Labute approximate surface area is 129 Å². The molecule has 2 rings (SSSR count). The first-order chi connectivity index (χ1) is 10.4. The Bertz CT molecular complexity index is 586.